The second-order valence-electron chi connectivity index (χ2n) is 1.34. The van der Waals surface area contributed by atoms with E-state index in [1.807, 2.05) is 18.2 Å². The van der Waals surface area contributed by atoms with Crippen LogP contribution in [0.25, 0.3) is 0 Å². The fraction of sp³-hybridized carbons (Fsp3) is 0. The molecule has 0 aliphatic carbocycles. The Bertz CT molecular complexity index is 143. The maximum Gasteiger partial charge on any atom is 0 e. The third-order valence-electron chi connectivity index (χ3n) is 0.731. The Morgan fingerprint density at radius 2 is 2.11 bits per heavy atom. The fourth-order valence-corrected chi connectivity index (χ4v) is 0.407. The minimum atomic E-state index is 0. The standard InChI is InChI=1S/C6H6N.HI.Zn/c7-6-4-2-1-3-5-6;;/h1-2,4-5H,7H2;1H;/q-1;;. The van der Waals surface area contributed by atoms with Crippen LogP contribution in [0.5, 0.6) is 0 Å². The van der Waals surface area contributed by atoms with Crippen molar-refractivity contribution >= 4 is 29.7 Å². The molecule has 1 aromatic carbocycles. The summed E-state index contributed by atoms with van der Waals surface area (Å²) in [5, 5.41) is 0. The normalized spacial score (nSPS) is 6.67. The summed E-state index contributed by atoms with van der Waals surface area (Å²) in [7, 11) is 0. The number of anilines is 1. The van der Waals surface area contributed by atoms with Crippen molar-refractivity contribution in [2.75, 3.05) is 5.73 Å². The Kier molecular flexibility index (Phi) is 8.72. The van der Waals surface area contributed by atoms with Crippen molar-refractivity contribution in [2.24, 2.45) is 0 Å². The molecular weight excluding hydrogens is 278 g/mol. The van der Waals surface area contributed by atoms with Gasteiger partial charge in [0.25, 0.3) is 0 Å². The molecule has 9 heavy (non-hydrogen) atoms. The van der Waals surface area contributed by atoms with Gasteiger partial charge >= 0.3 is 0 Å². The Balaban J connectivity index is 0. The molecule has 0 aliphatic rings. The van der Waals surface area contributed by atoms with Gasteiger partial charge in [-0.25, -0.2) is 0 Å². The summed E-state index contributed by atoms with van der Waals surface area (Å²) >= 11 is 0. The molecule has 2 N–H and O–H groups in total. The summed E-state index contributed by atoms with van der Waals surface area (Å²) in [4.78, 5) is 0. The summed E-state index contributed by atoms with van der Waals surface area (Å²) in [5.74, 6) is 0. The fourth-order valence-electron chi connectivity index (χ4n) is 0.407. The van der Waals surface area contributed by atoms with E-state index >= 15 is 0 Å². The predicted octanol–water partition coefficient (Wildman–Crippen LogP) is 1.68. The molecule has 1 rings (SSSR count). The molecule has 3 heteroatoms. The van der Waals surface area contributed by atoms with Crippen molar-refractivity contribution < 1.29 is 19.5 Å². The maximum atomic E-state index is 5.33. The first kappa shape index (κ1) is 12.1. The van der Waals surface area contributed by atoms with Gasteiger partial charge in [0.1, 0.15) is 0 Å². The SMILES string of the molecule is I.Nc1c[c-]ccc1.[Zn]. The zero-order valence-corrected chi connectivity index (χ0v) is 10.3. The van der Waals surface area contributed by atoms with Crippen LogP contribution >= 0.6 is 24.0 Å². The Labute approximate surface area is 84.8 Å². The van der Waals surface area contributed by atoms with Gasteiger partial charge in [0.15, 0.2) is 0 Å². The molecule has 0 bridgehead atoms. The zero-order chi connectivity index (χ0) is 5.11. The molecule has 0 spiro atoms. The summed E-state index contributed by atoms with van der Waals surface area (Å²) < 4.78 is 0. The van der Waals surface area contributed by atoms with Crippen molar-refractivity contribution in [1.82, 2.24) is 0 Å². The summed E-state index contributed by atoms with van der Waals surface area (Å²) in [6.45, 7) is 0. The van der Waals surface area contributed by atoms with E-state index in [2.05, 4.69) is 6.07 Å². The van der Waals surface area contributed by atoms with Gasteiger partial charge in [-0.15, -0.1) is 24.0 Å². The van der Waals surface area contributed by atoms with Crippen LogP contribution < -0.4 is 5.73 Å². The number of hydrogen-bond acceptors (Lipinski definition) is 1. The van der Waals surface area contributed by atoms with E-state index in [1.165, 1.54) is 0 Å². The van der Waals surface area contributed by atoms with Crippen molar-refractivity contribution in [3.8, 4) is 0 Å². The van der Waals surface area contributed by atoms with Crippen LogP contribution in [0.3, 0.4) is 0 Å². The molecule has 0 unspecified atom stereocenters. The van der Waals surface area contributed by atoms with Crippen LogP contribution in [0.1, 0.15) is 0 Å². The molecular formula is C6H7INZn-. The first-order chi connectivity index (χ1) is 3.39. The van der Waals surface area contributed by atoms with E-state index in [9.17, 15) is 0 Å². The Morgan fingerprint density at radius 3 is 2.33 bits per heavy atom. The van der Waals surface area contributed by atoms with Crippen LogP contribution in [-0.4, -0.2) is 0 Å². The molecule has 0 atom stereocenters. The molecule has 0 fully saturated rings. The average Bonchev–Trinajstić information content (AvgIpc) is 1.69. The number of rotatable bonds is 0. The van der Waals surface area contributed by atoms with Gasteiger partial charge in [0.2, 0.25) is 0 Å². The van der Waals surface area contributed by atoms with Gasteiger partial charge in [0.05, 0.1) is 0 Å². The number of hydrogen-bond donors (Lipinski definition) is 1. The van der Waals surface area contributed by atoms with E-state index in [4.69, 9.17) is 5.73 Å². The van der Waals surface area contributed by atoms with Crippen molar-refractivity contribution in [1.29, 1.82) is 0 Å². The molecule has 0 radical (unpaired) electrons. The van der Waals surface area contributed by atoms with Crippen LogP contribution in [0, 0.1) is 6.07 Å². The Hall–Kier alpha value is 0.373. The van der Waals surface area contributed by atoms with Gasteiger partial charge in [-0.2, -0.15) is 30.3 Å². The molecule has 1 nitrogen and oxygen atoms in total. The largest absolute Gasteiger partial charge is 0.449 e. The first-order valence-electron chi connectivity index (χ1n) is 2.11. The molecule has 0 saturated heterocycles. The minimum absolute atomic E-state index is 0. The monoisotopic (exact) mass is 284 g/mol. The quantitative estimate of drug-likeness (QED) is 0.334. The number of halogens is 1. The second kappa shape index (κ2) is 6.49. The smallest absolute Gasteiger partial charge is 0 e. The van der Waals surface area contributed by atoms with Crippen LogP contribution in [0.4, 0.5) is 5.69 Å². The van der Waals surface area contributed by atoms with E-state index in [0.717, 1.165) is 5.69 Å². The van der Waals surface area contributed by atoms with E-state index < -0.39 is 0 Å². The number of nitrogen functional groups attached to an aromatic ring is 1. The zero-order valence-electron chi connectivity index (χ0n) is 5.00. The number of nitrogens with two attached hydrogens (primary N) is 1. The van der Waals surface area contributed by atoms with Gasteiger partial charge in [-0.1, -0.05) is 5.69 Å². The van der Waals surface area contributed by atoms with Crippen LogP contribution in [-0.2, 0) is 19.5 Å². The third-order valence-corrected chi connectivity index (χ3v) is 0.731. The Morgan fingerprint density at radius 1 is 1.44 bits per heavy atom. The summed E-state index contributed by atoms with van der Waals surface area (Å²) in [5.41, 5.74) is 6.09. The topological polar surface area (TPSA) is 26.0 Å². The van der Waals surface area contributed by atoms with Gasteiger partial charge in [-0.05, 0) is 0 Å². The summed E-state index contributed by atoms with van der Waals surface area (Å²) in [6.07, 6.45) is 0. The molecule has 0 aliphatic heterocycles. The molecule has 46 valence electrons. The van der Waals surface area contributed by atoms with E-state index in [0.29, 0.717) is 0 Å². The summed E-state index contributed by atoms with van der Waals surface area (Å²) in [6, 6.07) is 10.1. The predicted molar refractivity (Wildman–Crippen MR) is 45.1 cm³/mol. The van der Waals surface area contributed by atoms with Crippen molar-refractivity contribution in [3.63, 3.8) is 0 Å². The molecule has 0 heterocycles. The minimum Gasteiger partial charge on any atom is -0.449 e. The molecule has 0 amide bonds. The van der Waals surface area contributed by atoms with E-state index in [-0.39, 0.29) is 43.5 Å². The molecule has 0 aromatic heterocycles. The number of benzene rings is 1. The molecule has 0 saturated carbocycles. The second-order valence-corrected chi connectivity index (χ2v) is 1.34. The van der Waals surface area contributed by atoms with Gasteiger partial charge in [0, 0.05) is 19.5 Å². The van der Waals surface area contributed by atoms with Gasteiger partial charge < -0.3 is 5.73 Å². The first-order valence-corrected chi connectivity index (χ1v) is 2.11. The van der Waals surface area contributed by atoms with Crippen molar-refractivity contribution in [2.45, 2.75) is 0 Å². The van der Waals surface area contributed by atoms with E-state index in [1.54, 1.807) is 6.07 Å². The average molecular weight is 285 g/mol. The van der Waals surface area contributed by atoms with Crippen molar-refractivity contribution in [3.05, 3.63) is 30.3 Å². The maximum absolute atomic E-state index is 5.33. The van der Waals surface area contributed by atoms with Crippen LogP contribution in [0.15, 0.2) is 24.3 Å². The van der Waals surface area contributed by atoms with Crippen LogP contribution in [0.2, 0.25) is 0 Å². The van der Waals surface area contributed by atoms with Gasteiger partial charge in [-0.3, -0.25) is 0 Å². The third kappa shape index (κ3) is 4.85. The molecule has 1 aromatic rings.